The van der Waals surface area contributed by atoms with Gasteiger partial charge in [-0.1, -0.05) is 6.58 Å². The molecule has 0 aromatic heterocycles. The van der Waals surface area contributed by atoms with Crippen molar-refractivity contribution in [3.8, 4) is 0 Å². The topological polar surface area (TPSA) is 44.8 Å². The summed E-state index contributed by atoms with van der Waals surface area (Å²) in [4.78, 5) is 11.3. The number of rotatable bonds is 5. The van der Waals surface area contributed by atoms with Crippen molar-refractivity contribution in [2.45, 2.75) is 32.7 Å². The van der Waals surface area contributed by atoms with Crippen LogP contribution < -0.4 is 0 Å². The van der Waals surface area contributed by atoms with Crippen LogP contribution in [0.2, 0.25) is 0 Å². The quantitative estimate of drug-likeness (QED) is 0.385. The maximum absolute atomic E-state index is 11.3. The summed E-state index contributed by atoms with van der Waals surface area (Å²) in [6, 6.07) is 0. The lowest BCUT2D eigenvalue weighted by molar-refractivity contribution is -0.218. The Bertz CT molecular complexity index is 216. The third kappa shape index (κ3) is 3.47. The fraction of sp³-hybridized carbons (Fsp3) is 0.700. The molecule has 0 atom stereocenters. The van der Waals surface area contributed by atoms with Crippen molar-refractivity contribution in [1.82, 2.24) is 0 Å². The zero-order chi connectivity index (χ0) is 11.4. The van der Waals surface area contributed by atoms with Crippen molar-refractivity contribution in [2.75, 3.05) is 14.2 Å². The average Bonchev–Trinajstić information content (AvgIpc) is 2.04. The van der Waals surface area contributed by atoms with Crippen molar-refractivity contribution in [3.05, 3.63) is 12.2 Å². The van der Waals surface area contributed by atoms with Gasteiger partial charge in [-0.25, -0.2) is 4.79 Å². The average molecular weight is 202 g/mol. The minimum Gasteiger partial charge on any atom is -0.451 e. The number of hydrogen-bond acceptors (Lipinski definition) is 4. The molecule has 14 heavy (non-hydrogen) atoms. The Labute approximate surface area is 84.8 Å². The third-order valence-electron chi connectivity index (χ3n) is 1.70. The van der Waals surface area contributed by atoms with Crippen LogP contribution in [0.5, 0.6) is 0 Å². The van der Waals surface area contributed by atoms with Gasteiger partial charge in [0.25, 0.3) is 0 Å². The molecule has 0 unspecified atom stereocenters. The Morgan fingerprint density at radius 2 is 1.71 bits per heavy atom. The fourth-order valence-corrected chi connectivity index (χ4v) is 1.04. The highest BCUT2D eigenvalue weighted by atomic mass is 16.7. The first-order chi connectivity index (χ1) is 6.35. The van der Waals surface area contributed by atoms with E-state index in [-0.39, 0.29) is 0 Å². The van der Waals surface area contributed by atoms with Crippen LogP contribution in [0, 0.1) is 0 Å². The molecule has 4 heteroatoms. The first-order valence-electron chi connectivity index (χ1n) is 4.29. The van der Waals surface area contributed by atoms with Crippen molar-refractivity contribution < 1.29 is 19.0 Å². The normalized spacial score (nSPS) is 11.6. The van der Waals surface area contributed by atoms with Gasteiger partial charge in [0.15, 0.2) is 11.9 Å². The van der Waals surface area contributed by atoms with E-state index in [1.54, 1.807) is 20.8 Å². The summed E-state index contributed by atoms with van der Waals surface area (Å²) in [6.07, 6.45) is -0.592. The molecule has 0 saturated heterocycles. The molecule has 0 aliphatic heterocycles. The highest BCUT2D eigenvalue weighted by Crippen LogP contribution is 2.19. The first-order valence-corrected chi connectivity index (χ1v) is 4.29. The Morgan fingerprint density at radius 1 is 1.29 bits per heavy atom. The van der Waals surface area contributed by atoms with Gasteiger partial charge in [0, 0.05) is 19.8 Å². The van der Waals surface area contributed by atoms with Gasteiger partial charge in [0.1, 0.15) is 0 Å². The summed E-state index contributed by atoms with van der Waals surface area (Å²) in [7, 11) is 2.98. The molecule has 0 fully saturated rings. The van der Waals surface area contributed by atoms with E-state index in [1.165, 1.54) is 14.2 Å². The molecule has 0 N–H and O–H groups in total. The molecule has 0 amide bonds. The van der Waals surface area contributed by atoms with Crippen molar-refractivity contribution >= 4 is 5.97 Å². The van der Waals surface area contributed by atoms with E-state index >= 15 is 0 Å². The SMILES string of the molecule is C=C(C)C(=O)OC(C)(C)C(OC)OC. The van der Waals surface area contributed by atoms with Gasteiger partial charge in [0.05, 0.1) is 0 Å². The van der Waals surface area contributed by atoms with Crippen LogP contribution in [0.3, 0.4) is 0 Å². The van der Waals surface area contributed by atoms with Crippen LogP contribution in [0.4, 0.5) is 0 Å². The van der Waals surface area contributed by atoms with E-state index < -0.39 is 17.9 Å². The number of carbonyl (C=O) groups excluding carboxylic acids is 1. The molecule has 0 bridgehead atoms. The number of esters is 1. The monoisotopic (exact) mass is 202 g/mol. The standard InChI is InChI=1S/C10H18O4/c1-7(2)8(11)14-10(3,4)9(12-5)13-6/h9H,1H2,2-6H3. The summed E-state index contributed by atoms with van der Waals surface area (Å²) in [5.41, 5.74) is -0.483. The largest absolute Gasteiger partial charge is 0.451 e. The Hall–Kier alpha value is -0.870. The van der Waals surface area contributed by atoms with E-state index in [0.29, 0.717) is 5.57 Å². The zero-order valence-electron chi connectivity index (χ0n) is 9.42. The van der Waals surface area contributed by atoms with Crippen LogP contribution in [0.1, 0.15) is 20.8 Å². The van der Waals surface area contributed by atoms with Gasteiger partial charge in [-0.15, -0.1) is 0 Å². The van der Waals surface area contributed by atoms with Crippen LogP contribution in [0.15, 0.2) is 12.2 Å². The van der Waals surface area contributed by atoms with E-state index in [4.69, 9.17) is 14.2 Å². The second kappa shape index (κ2) is 5.12. The number of ether oxygens (including phenoxy) is 3. The summed E-state index contributed by atoms with van der Waals surface area (Å²) in [6.45, 7) is 8.51. The Morgan fingerprint density at radius 3 is 2.00 bits per heavy atom. The predicted molar refractivity (Wildman–Crippen MR) is 52.8 cm³/mol. The van der Waals surface area contributed by atoms with Crippen molar-refractivity contribution in [1.29, 1.82) is 0 Å². The number of hydrogen-bond donors (Lipinski definition) is 0. The molecule has 0 aliphatic carbocycles. The molecular formula is C10H18O4. The van der Waals surface area contributed by atoms with Gasteiger partial charge < -0.3 is 14.2 Å². The molecule has 0 rings (SSSR count). The smallest absolute Gasteiger partial charge is 0.333 e. The van der Waals surface area contributed by atoms with Crippen molar-refractivity contribution in [3.63, 3.8) is 0 Å². The van der Waals surface area contributed by atoms with E-state index in [0.717, 1.165) is 0 Å². The third-order valence-corrected chi connectivity index (χ3v) is 1.70. The molecule has 0 aromatic carbocycles. The van der Waals surface area contributed by atoms with Gasteiger partial charge in [-0.3, -0.25) is 0 Å². The molecule has 82 valence electrons. The van der Waals surface area contributed by atoms with Gasteiger partial charge in [-0.2, -0.15) is 0 Å². The van der Waals surface area contributed by atoms with Crippen LogP contribution in [-0.2, 0) is 19.0 Å². The molecule has 0 aliphatic rings. The van der Waals surface area contributed by atoms with Crippen LogP contribution in [0.25, 0.3) is 0 Å². The highest BCUT2D eigenvalue weighted by Gasteiger charge is 2.33. The summed E-state index contributed by atoms with van der Waals surface area (Å²) < 4.78 is 15.2. The molecule has 4 nitrogen and oxygen atoms in total. The summed E-state index contributed by atoms with van der Waals surface area (Å²) >= 11 is 0. The fourth-order valence-electron chi connectivity index (χ4n) is 1.04. The Balaban J connectivity index is 4.46. The molecule has 0 aromatic rings. The van der Waals surface area contributed by atoms with Gasteiger partial charge in [0.2, 0.25) is 0 Å². The van der Waals surface area contributed by atoms with E-state index in [2.05, 4.69) is 6.58 Å². The summed E-state index contributed by atoms with van der Waals surface area (Å²) in [5.74, 6) is -0.450. The minimum atomic E-state index is -0.834. The number of carbonyl (C=O) groups is 1. The maximum Gasteiger partial charge on any atom is 0.333 e. The zero-order valence-corrected chi connectivity index (χ0v) is 9.42. The second-order valence-electron chi connectivity index (χ2n) is 3.58. The molecule has 0 radical (unpaired) electrons. The van der Waals surface area contributed by atoms with Crippen LogP contribution in [-0.4, -0.2) is 32.1 Å². The molecule has 0 spiro atoms. The van der Waals surface area contributed by atoms with Crippen LogP contribution >= 0.6 is 0 Å². The Kier molecular flexibility index (Phi) is 4.80. The van der Waals surface area contributed by atoms with Crippen molar-refractivity contribution in [2.24, 2.45) is 0 Å². The van der Waals surface area contributed by atoms with Gasteiger partial charge >= 0.3 is 5.97 Å². The van der Waals surface area contributed by atoms with E-state index in [9.17, 15) is 4.79 Å². The maximum atomic E-state index is 11.3. The van der Waals surface area contributed by atoms with Gasteiger partial charge in [-0.05, 0) is 20.8 Å². The lowest BCUT2D eigenvalue weighted by Crippen LogP contribution is -2.43. The molecule has 0 saturated carbocycles. The molecular weight excluding hydrogens is 184 g/mol. The summed E-state index contributed by atoms with van der Waals surface area (Å²) in [5, 5.41) is 0. The predicted octanol–water partition coefficient (Wildman–Crippen LogP) is 1.50. The second-order valence-corrected chi connectivity index (χ2v) is 3.58. The minimum absolute atomic E-state index is 0.351. The lowest BCUT2D eigenvalue weighted by Gasteiger charge is -2.31. The highest BCUT2D eigenvalue weighted by molar-refractivity contribution is 5.87. The molecule has 0 heterocycles. The number of methoxy groups -OCH3 is 2. The van der Waals surface area contributed by atoms with E-state index in [1.807, 2.05) is 0 Å². The lowest BCUT2D eigenvalue weighted by atomic mass is 10.1. The first kappa shape index (κ1) is 13.1.